The molecule has 0 aliphatic carbocycles. The molecule has 0 bridgehead atoms. The van der Waals surface area contributed by atoms with E-state index in [4.69, 9.17) is 4.42 Å². The molecule has 0 saturated heterocycles. The molecular formula is C18H17NO2. The summed E-state index contributed by atoms with van der Waals surface area (Å²) < 4.78 is 5.56. The fraction of sp³-hybridized carbons (Fsp3) is 0.111. The van der Waals surface area contributed by atoms with E-state index >= 15 is 0 Å². The van der Waals surface area contributed by atoms with Crippen LogP contribution in [0.5, 0.6) is 5.75 Å². The van der Waals surface area contributed by atoms with Crippen molar-refractivity contribution in [1.29, 1.82) is 0 Å². The van der Waals surface area contributed by atoms with Crippen LogP contribution in [0.2, 0.25) is 0 Å². The van der Waals surface area contributed by atoms with E-state index in [1.54, 1.807) is 12.3 Å². The molecule has 106 valence electrons. The van der Waals surface area contributed by atoms with Gasteiger partial charge in [0.2, 0.25) is 0 Å². The van der Waals surface area contributed by atoms with E-state index < -0.39 is 0 Å². The van der Waals surface area contributed by atoms with Gasteiger partial charge in [0.15, 0.2) is 0 Å². The summed E-state index contributed by atoms with van der Waals surface area (Å²) in [6.45, 7) is 1.88. The zero-order valence-corrected chi connectivity index (χ0v) is 11.8. The van der Waals surface area contributed by atoms with Crippen molar-refractivity contribution in [2.75, 3.05) is 5.32 Å². The number of phenols is 1. The Hall–Kier alpha value is -2.68. The van der Waals surface area contributed by atoms with Crippen molar-refractivity contribution in [3.63, 3.8) is 0 Å². The highest BCUT2D eigenvalue weighted by atomic mass is 16.3. The number of phenolic OH excluding ortho intramolecular Hbond substituents is 1. The monoisotopic (exact) mass is 279 g/mol. The Morgan fingerprint density at radius 2 is 1.81 bits per heavy atom. The Balaban J connectivity index is 1.95. The minimum Gasteiger partial charge on any atom is -0.508 e. The number of aromatic hydroxyl groups is 1. The van der Waals surface area contributed by atoms with E-state index in [1.165, 1.54) is 0 Å². The van der Waals surface area contributed by atoms with Crippen LogP contribution >= 0.6 is 0 Å². The minimum absolute atomic E-state index is 0.0647. The van der Waals surface area contributed by atoms with Gasteiger partial charge in [0, 0.05) is 5.69 Å². The van der Waals surface area contributed by atoms with Crippen LogP contribution in [-0.2, 0) is 0 Å². The van der Waals surface area contributed by atoms with Gasteiger partial charge in [0.05, 0.1) is 6.26 Å². The molecule has 0 saturated carbocycles. The van der Waals surface area contributed by atoms with E-state index in [9.17, 15) is 5.11 Å². The third kappa shape index (κ3) is 2.92. The molecule has 1 unspecified atom stereocenters. The molecule has 0 radical (unpaired) electrons. The van der Waals surface area contributed by atoms with Crippen molar-refractivity contribution in [3.8, 4) is 5.75 Å². The second kappa shape index (κ2) is 5.75. The lowest BCUT2D eigenvalue weighted by Crippen LogP contribution is -2.11. The van der Waals surface area contributed by atoms with Crippen LogP contribution in [0.3, 0.4) is 0 Å². The topological polar surface area (TPSA) is 45.4 Å². The summed E-state index contributed by atoms with van der Waals surface area (Å²) in [6.07, 6.45) is 1.68. The number of rotatable bonds is 4. The third-order valence-corrected chi connectivity index (χ3v) is 3.47. The summed E-state index contributed by atoms with van der Waals surface area (Å²) >= 11 is 0. The molecule has 1 heterocycles. The van der Waals surface area contributed by atoms with E-state index in [1.807, 2.05) is 49.4 Å². The maximum absolute atomic E-state index is 9.63. The lowest BCUT2D eigenvalue weighted by Gasteiger charge is -2.19. The number of hydrogen-bond donors (Lipinski definition) is 2. The van der Waals surface area contributed by atoms with Crippen LogP contribution in [-0.4, -0.2) is 5.11 Å². The molecule has 2 aromatic carbocycles. The zero-order valence-electron chi connectivity index (χ0n) is 11.8. The Bertz CT molecular complexity index is 705. The van der Waals surface area contributed by atoms with Gasteiger partial charge in [0.1, 0.15) is 17.6 Å². The van der Waals surface area contributed by atoms with Crippen LogP contribution in [0.1, 0.15) is 22.9 Å². The average molecular weight is 279 g/mol. The summed E-state index contributed by atoms with van der Waals surface area (Å²) in [7, 11) is 0. The SMILES string of the molecule is Cc1cc(NC(c2ccccc2)c2ccco2)ccc1O. The molecule has 1 aromatic heterocycles. The predicted octanol–water partition coefficient (Wildman–Crippen LogP) is 4.50. The first-order chi connectivity index (χ1) is 10.2. The molecular weight excluding hydrogens is 262 g/mol. The maximum Gasteiger partial charge on any atom is 0.130 e. The fourth-order valence-electron chi connectivity index (χ4n) is 2.33. The highest BCUT2D eigenvalue weighted by molar-refractivity contribution is 5.53. The number of hydrogen-bond acceptors (Lipinski definition) is 3. The first kappa shape index (κ1) is 13.3. The van der Waals surface area contributed by atoms with Crippen LogP contribution in [0.25, 0.3) is 0 Å². The summed E-state index contributed by atoms with van der Waals surface area (Å²) in [5.41, 5.74) is 2.90. The molecule has 3 nitrogen and oxygen atoms in total. The molecule has 2 N–H and O–H groups in total. The van der Waals surface area contributed by atoms with Gasteiger partial charge in [0.25, 0.3) is 0 Å². The largest absolute Gasteiger partial charge is 0.508 e. The van der Waals surface area contributed by atoms with Crippen molar-refractivity contribution in [2.45, 2.75) is 13.0 Å². The van der Waals surface area contributed by atoms with E-state index in [0.717, 1.165) is 22.6 Å². The minimum atomic E-state index is -0.0647. The molecule has 1 atom stereocenters. The van der Waals surface area contributed by atoms with Crippen LogP contribution in [0.15, 0.2) is 71.3 Å². The standard InChI is InChI=1S/C18H17NO2/c1-13-12-15(9-10-16(13)20)19-18(17-8-5-11-21-17)14-6-3-2-4-7-14/h2-12,18-20H,1H3. The molecule has 0 spiro atoms. The first-order valence-corrected chi connectivity index (χ1v) is 6.88. The van der Waals surface area contributed by atoms with Crippen LogP contribution in [0.4, 0.5) is 5.69 Å². The average Bonchev–Trinajstić information content (AvgIpc) is 3.03. The highest BCUT2D eigenvalue weighted by Crippen LogP contribution is 2.29. The molecule has 21 heavy (non-hydrogen) atoms. The second-order valence-corrected chi connectivity index (χ2v) is 5.00. The van der Waals surface area contributed by atoms with Crippen molar-refractivity contribution in [3.05, 3.63) is 83.8 Å². The second-order valence-electron chi connectivity index (χ2n) is 5.00. The van der Waals surface area contributed by atoms with Gasteiger partial charge in [-0.1, -0.05) is 30.3 Å². The van der Waals surface area contributed by atoms with Crippen molar-refractivity contribution in [1.82, 2.24) is 0 Å². The third-order valence-electron chi connectivity index (χ3n) is 3.47. The molecule has 3 rings (SSSR count). The van der Waals surface area contributed by atoms with Crippen LogP contribution in [0, 0.1) is 6.92 Å². The molecule has 3 heteroatoms. The smallest absolute Gasteiger partial charge is 0.130 e. The van der Waals surface area contributed by atoms with Gasteiger partial charge in [-0.3, -0.25) is 0 Å². The van der Waals surface area contributed by atoms with Gasteiger partial charge < -0.3 is 14.8 Å². The van der Waals surface area contributed by atoms with Gasteiger partial charge >= 0.3 is 0 Å². The summed E-state index contributed by atoms with van der Waals surface area (Å²) in [4.78, 5) is 0. The Morgan fingerprint density at radius 3 is 2.48 bits per heavy atom. The summed E-state index contributed by atoms with van der Waals surface area (Å²) in [6, 6.07) is 19.4. The lowest BCUT2D eigenvalue weighted by molar-refractivity contribution is 0.471. The van der Waals surface area contributed by atoms with Crippen molar-refractivity contribution in [2.24, 2.45) is 0 Å². The molecule has 0 aliphatic rings. The molecule has 0 aliphatic heterocycles. The first-order valence-electron chi connectivity index (χ1n) is 6.88. The van der Waals surface area contributed by atoms with Gasteiger partial charge in [-0.15, -0.1) is 0 Å². The lowest BCUT2D eigenvalue weighted by atomic mass is 10.0. The molecule has 3 aromatic rings. The Labute approximate surface area is 123 Å². The van der Waals surface area contributed by atoms with Crippen LogP contribution < -0.4 is 5.32 Å². The summed E-state index contributed by atoms with van der Waals surface area (Å²) in [5.74, 6) is 1.15. The Morgan fingerprint density at radius 1 is 1.00 bits per heavy atom. The number of nitrogens with one attached hydrogen (secondary N) is 1. The number of benzene rings is 2. The quantitative estimate of drug-likeness (QED) is 0.691. The van der Waals surface area contributed by atoms with Gasteiger partial charge in [-0.25, -0.2) is 0 Å². The predicted molar refractivity (Wildman–Crippen MR) is 83.5 cm³/mol. The maximum atomic E-state index is 9.63. The van der Waals surface area contributed by atoms with Crippen molar-refractivity contribution >= 4 is 5.69 Å². The Kier molecular flexibility index (Phi) is 3.65. The number of anilines is 1. The number of aryl methyl sites for hydroxylation is 1. The van der Waals surface area contributed by atoms with Gasteiger partial charge in [-0.2, -0.15) is 0 Å². The fourth-order valence-corrected chi connectivity index (χ4v) is 2.33. The molecule has 0 fully saturated rings. The molecule has 0 amide bonds. The van der Waals surface area contributed by atoms with E-state index in [2.05, 4.69) is 17.4 Å². The van der Waals surface area contributed by atoms with E-state index in [-0.39, 0.29) is 6.04 Å². The van der Waals surface area contributed by atoms with E-state index in [0.29, 0.717) is 5.75 Å². The summed E-state index contributed by atoms with van der Waals surface area (Å²) in [5, 5.41) is 13.1. The van der Waals surface area contributed by atoms with Gasteiger partial charge in [-0.05, 0) is 48.4 Å². The normalized spacial score (nSPS) is 12.0. The zero-order chi connectivity index (χ0) is 14.7. The van der Waals surface area contributed by atoms with Crippen molar-refractivity contribution < 1.29 is 9.52 Å². The highest BCUT2D eigenvalue weighted by Gasteiger charge is 2.16. The number of furan rings is 1.